The van der Waals surface area contributed by atoms with Gasteiger partial charge in [-0.3, -0.25) is 0 Å². The van der Waals surface area contributed by atoms with Crippen LogP contribution in [0.4, 0.5) is 0 Å². The molecule has 0 aliphatic carbocycles. The molecule has 0 radical (unpaired) electrons. The van der Waals surface area contributed by atoms with Crippen molar-refractivity contribution in [1.29, 1.82) is 0 Å². The highest BCUT2D eigenvalue weighted by atomic mass is 16.8. The van der Waals surface area contributed by atoms with Crippen LogP contribution < -0.4 is 0 Å². The van der Waals surface area contributed by atoms with Crippen LogP contribution in [0.5, 0.6) is 0 Å². The number of hydrogen-bond donors (Lipinski definition) is 20. The highest BCUT2D eigenvalue weighted by Crippen LogP contribution is 2.36. The molecule has 30 atom stereocenters. The Morgan fingerprint density at radius 1 is 0.254 bits per heavy atom. The molecule has 6 aliphatic heterocycles. The van der Waals surface area contributed by atoms with Gasteiger partial charge in [0.1, 0.15) is 146 Å². The fraction of sp³-hybridized carbons (Fsp3) is 1.00. The summed E-state index contributed by atoms with van der Waals surface area (Å²) in [5.41, 5.74) is 0. The molecule has 0 aromatic carbocycles. The zero-order chi connectivity index (χ0) is 49.3. The molecule has 392 valence electrons. The van der Waals surface area contributed by atoms with Gasteiger partial charge in [-0.15, -0.1) is 0 Å². The summed E-state index contributed by atoms with van der Waals surface area (Å²) >= 11 is 0. The highest BCUT2D eigenvalue weighted by Gasteiger charge is 2.57. The van der Waals surface area contributed by atoms with Gasteiger partial charge in [-0.25, -0.2) is 0 Å². The van der Waals surface area contributed by atoms with Crippen molar-refractivity contribution in [3.8, 4) is 0 Å². The summed E-state index contributed by atoms with van der Waals surface area (Å²) in [7, 11) is 0. The topological polar surface area (TPSA) is 506 Å². The Balaban J connectivity index is 1.27. The van der Waals surface area contributed by atoms with Crippen molar-refractivity contribution in [1.82, 2.24) is 0 Å². The van der Waals surface area contributed by atoms with Crippen LogP contribution in [0.2, 0.25) is 0 Å². The molecular formula is C36H62O31. The highest BCUT2D eigenvalue weighted by molar-refractivity contribution is 4.99. The lowest BCUT2D eigenvalue weighted by Gasteiger charge is -2.50. The summed E-state index contributed by atoms with van der Waals surface area (Å²) < 4.78 is 60.7. The SMILES string of the molecule is OC[C@H]1O[C@@H](OC[C@H]2O[C@@H](O[C@@H]3[C@@H](O)[C@H](O[C@@H]4[C@@H](O)[C@H](O)O[C@H](CO)[C@H]4O)O[C@H](CO)[C@H]3O)[C@H](O)[C@@H](O[C@@H]3O[C@H](CO)[C@@H](O)[C@H](O[C@@H]4O[C@H](CO)[C@@H](O)[C@H](O)[C@H]4O)[C@H]3O)[C@@H]2O)[C@H](O)[C@@H](O)[C@@H]1O. The van der Waals surface area contributed by atoms with E-state index in [-0.39, 0.29) is 0 Å². The number of aliphatic hydroxyl groups excluding tert-OH is 20. The summed E-state index contributed by atoms with van der Waals surface area (Å²) in [5.74, 6) is 0. The fourth-order valence-electron chi connectivity index (χ4n) is 8.39. The van der Waals surface area contributed by atoms with Gasteiger partial charge in [-0.1, -0.05) is 0 Å². The van der Waals surface area contributed by atoms with E-state index in [0.717, 1.165) is 0 Å². The van der Waals surface area contributed by atoms with Gasteiger partial charge in [0.15, 0.2) is 37.7 Å². The van der Waals surface area contributed by atoms with Crippen LogP contribution in [-0.2, 0) is 52.1 Å². The van der Waals surface area contributed by atoms with Crippen molar-refractivity contribution in [2.24, 2.45) is 0 Å². The third kappa shape index (κ3) is 11.4. The van der Waals surface area contributed by atoms with E-state index in [9.17, 15) is 102 Å². The molecule has 6 fully saturated rings. The first-order valence-electron chi connectivity index (χ1n) is 21.1. The van der Waals surface area contributed by atoms with Gasteiger partial charge in [0.25, 0.3) is 0 Å². The molecule has 31 nitrogen and oxygen atoms in total. The molecule has 6 saturated heterocycles. The first-order chi connectivity index (χ1) is 31.7. The minimum absolute atomic E-state index is 0.871. The first-order valence-corrected chi connectivity index (χ1v) is 21.1. The largest absolute Gasteiger partial charge is 0.394 e. The van der Waals surface area contributed by atoms with Crippen molar-refractivity contribution in [3.05, 3.63) is 0 Å². The maximum atomic E-state index is 11.7. The van der Waals surface area contributed by atoms with E-state index in [1.807, 2.05) is 0 Å². The Morgan fingerprint density at radius 3 is 0.896 bits per heavy atom. The zero-order valence-corrected chi connectivity index (χ0v) is 35.0. The van der Waals surface area contributed by atoms with Gasteiger partial charge >= 0.3 is 0 Å². The maximum Gasteiger partial charge on any atom is 0.187 e. The zero-order valence-electron chi connectivity index (χ0n) is 35.0. The molecular weight excluding hydrogens is 928 g/mol. The molecule has 0 amide bonds. The summed E-state index contributed by atoms with van der Waals surface area (Å²) in [6.07, 6.45) is -58.8. The fourth-order valence-corrected chi connectivity index (χ4v) is 8.39. The second-order valence-corrected chi connectivity index (χ2v) is 16.8. The molecule has 6 aliphatic rings. The molecule has 0 saturated carbocycles. The van der Waals surface area contributed by atoms with Gasteiger partial charge in [0.05, 0.1) is 39.6 Å². The van der Waals surface area contributed by atoms with Crippen LogP contribution in [0.15, 0.2) is 0 Å². The predicted molar refractivity (Wildman–Crippen MR) is 199 cm³/mol. The van der Waals surface area contributed by atoms with Crippen molar-refractivity contribution >= 4 is 0 Å². The minimum atomic E-state index is -2.33. The minimum Gasteiger partial charge on any atom is -0.394 e. The summed E-state index contributed by atoms with van der Waals surface area (Å²) in [6, 6.07) is 0. The van der Waals surface area contributed by atoms with Crippen molar-refractivity contribution < 1.29 is 154 Å². The van der Waals surface area contributed by atoms with Gasteiger partial charge in [0, 0.05) is 0 Å². The maximum absolute atomic E-state index is 11.7. The Labute approximate surface area is 378 Å². The first kappa shape index (κ1) is 55.1. The molecule has 20 N–H and O–H groups in total. The molecule has 0 aromatic rings. The molecule has 0 bridgehead atoms. The Hall–Kier alpha value is -1.24. The quantitative estimate of drug-likeness (QED) is 0.0683. The number of hydrogen-bond acceptors (Lipinski definition) is 31. The summed E-state index contributed by atoms with van der Waals surface area (Å²) in [4.78, 5) is 0. The Bertz CT molecular complexity index is 1510. The Morgan fingerprint density at radius 2 is 0.522 bits per heavy atom. The molecule has 67 heavy (non-hydrogen) atoms. The molecule has 6 rings (SSSR count). The van der Waals surface area contributed by atoms with Gasteiger partial charge < -0.3 is 154 Å². The average Bonchev–Trinajstić information content (AvgIpc) is 3.31. The lowest BCUT2D eigenvalue weighted by atomic mass is 9.95. The van der Waals surface area contributed by atoms with Crippen LogP contribution in [0, 0.1) is 0 Å². The summed E-state index contributed by atoms with van der Waals surface area (Å²) in [5, 5.41) is 211. The third-order valence-corrected chi connectivity index (χ3v) is 12.4. The van der Waals surface area contributed by atoms with E-state index >= 15 is 0 Å². The molecule has 0 aromatic heterocycles. The van der Waals surface area contributed by atoms with E-state index in [0.29, 0.717) is 0 Å². The van der Waals surface area contributed by atoms with E-state index in [4.69, 9.17) is 52.1 Å². The van der Waals surface area contributed by atoms with Gasteiger partial charge in [-0.05, 0) is 0 Å². The van der Waals surface area contributed by atoms with E-state index < -0.39 is 224 Å². The van der Waals surface area contributed by atoms with Crippen molar-refractivity contribution in [2.75, 3.05) is 39.6 Å². The monoisotopic (exact) mass is 990 g/mol. The smallest absolute Gasteiger partial charge is 0.187 e. The van der Waals surface area contributed by atoms with E-state index in [1.165, 1.54) is 0 Å². The number of ether oxygens (including phenoxy) is 11. The third-order valence-electron chi connectivity index (χ3n) is 12.4. The van der Waals surface area contributed by atoms with Gasteiger partial charge in [0.2, 0.25) is 0 Å². The second kappa shape index (κ2) is 23.5. The summed E-state index contributed by atoms with van der Waals surface area (Å²) in [6.45, 7) is -5.63. The normalized spacial score (nSPS) is 53.4. The van der Waals surface area contributed by atoms with Crippen LogP contribution >= 0.6 is 0 Å². The molecule has 0 spiro atoms. The van der Waals surface area contributed by atoms with Gasteiger partial charge in [-0.2, -0.15) is 0 Å². The van der Waals surface area contributed by atoms with Crippen molar-refractivity contribution in [3.63, 3.8) is 0 Å². The van der Waals surface area contributed by atoms with E-state index in [2.05, 4.69) is 0 Å². The van der Waals surface area contributed by atoms with Crippen molar-refractivity contribution in [2.45, 2.75) is 184 Å². The number of aliphatic hydroxyl groups is 20. The van der Waals surface area contributed by atoms with Crippen LogP contribution in [-0.4, -0.2) is 326 Å². The molecule has 6 heterocycles. The van der Waals surface area contributed by atoms with Crippen LogP contribution in [0.1, 0.15) is 0 Å². The Kier molecular flexibility index (Phi) is 19.4. The van der Waals surface area contributed by atoms with Crippen LogP contribution in [0.3, 0.4) is 0 Å². The molecule has 31 heteroatoms. The number of rotatable bonds is 16. The van der Waals surface area contributed by atoms with E-state index in [1.54, 1.807) is 0 Å². The lowest BCUT2D eigenvalue weighted by molar-refractivity contribution is -0.397. The predicted octanol–water partition coefficient (Wildman–Crippen LogP) is -14.1. The second-order valence-electron chi connectivity index (χ2n) is 16.8. The van der Waals surface area contributed by atoms with Crippen LogP contribution in [0.25, 0.3) is 0 Å². The average molecular weight is 991 g/mol. The standard InChI is InChI=1S/C36H62O31/c37-1-7-13(42)19(48)21(50)32(59-7)57-6-12-18(47)30(67-35-24(53)28(16(45)10(4-40)62-35)65-33-22(51)20(49)14(43)8(2-38)60-33)26(55)36(63-12)66-29-17(46)11(5-41)61-34(25(29)54)64-27-15(44)9(3-39)58-31(56)23(27)52/h7-56H,1-6H2/t7-,8-,9-,10-,11-,12-,13-,14-,15-,16-,17-,18-,19+,20+,21-,22-,23-,24-,25-,26-,27+,28+,29+,30+,31-,32-,33+,34+,35+,36+/m1/s1. The lowest BCUT2D eigenvalue weighted by Crippen LogP contribution is -2.68. The molecule has 0 unspecified atom stereocenters.